The second kappa shape index (κ2) is 7.51. The number of anilines is 2. The van der Waals surface area contributed by atoms with Crippen LogP contribution in [0.3, 0.4) is 0 Å². The molecule has 118 valence electrons. The average Bonchev–Trinajstić information content (AvgIpc) is 3.00. The lowest BCUT2D eigenvalue weighted by molar-refractivity contribution is -0.112. The Balaban J connectivity index is 2.14. The van der Waals surface area contributed by atoms with E-state index in [1.165, 1.54) is 11.3 Å². The SMILES string of the molecule is CCc1nnc(NC(=O)/C(C#N)=C\c2ccc(N(C)C)cc2)s1. The highest BCUT2D eigenvalue weighted by Crippen LogP contribution is 2.18. The zero-order valence-corrected chi connectivity index (χ0v) is 14.0. The molecule has 0 radical (unpaired) electrons. The first kappa shape index (κ1) is 16.6. The van der Waals surface area contributed by atoms with Crippen LogP contribution in [0, 0.1) is 11.3 Å². The molecule has 0 aliphatic rings. The smallest absolute Gasteiger partial charge is 0.268 e. The number of carbonyl (C=O) groups is 1. The molecule has 0 saturated carbocycles. The predicted octanol–water partition coefficient (Wildman–Crippen LogP) is 2.71. The number of nitriles is 1. The first-order chi connectivity index (χ1) is 11.0. The zero-order chi connectivity index (χ0) is 16.8. The van der Waals surface area contributed by atoms with Crippen molar-refractivity contribution in [3.63, 3.8) is 0 Å². The van der Waals surface area contributed by atoms with Gasteiger partial charge in [0.25, 0.3) is 5.91 Å². The number of aromatic nitrogens is 2. The van der Waals surface area contributed by atoms with Gasteiger partial charge in [-0.3, -0.25) is 10.1 Å². The van der Waals surface area contributed by atoms with Gasteiger partial charge in [0.2, 0.25) is 5.13 Å². The van der Waals surface area contributed by atoms with Crippen LogP contribution in [-0.2, 0) is 11.2 Å². The molecule has 0 fully saturated rings. The monoisotopic (exact) mass is 327 g/mol. The fraction of sp³-hybridized carbons (Fsp3) is 0.250. The number of aryl methyl sites for hydroxylation is 1. The summed E-state index contributed by atoms with van der Waals surface area (Å²) in [7, 11) is 3.90. The Labute approximate surface area is 139 Å². The van der Waals surface area contributed by atoms with Crippen molar-refractivity contribution in [2.75, 3.05) is 24.3 Å². The Hall–Kier alpha value is -2.72. The van der Waals surface area contributed by atoms with E-state index in [0.29, 0.717) is 5.13 Å². The standard InChI is InChI=1S/C16H17N5OS/c1-4-14-19-20-16(23-14)18-15(22)12(10-17)9-11-5-7-13(8-6-11)21(2)3/h5-9H,4H2,1-3H3,(H,18,20,22)/b12-9-. The van der Waals surface area contributed by atoms with Gasteiger partial charge in [0.05, 0.1) is 0 Å². The summed E-state index contributed by atoms with van der Waals surface area (Å²) in [5.41, 5.74) is 1.86. The molecule has 0 bridgehead atoms. The molecule has 0 atom stereocenters. The first-order valence-electron chi connectivity index (χ1n) is 7.06. The predicted molar refractivity (Wildman–Crippen MR) is 92.3 cm³/mol. The molecule has 0 unspecified atom stereocenters. The molecule has 2 rings (SSSR count). The summed E-state index contributed by atoms with van der Waals surface area (Å²) in [6.45, 7) is 1.96. The molecular weight excluding hydrogens is 310 g/mol. The number of hydrogen-bond donors (Lipinski definition) is 1. The number of hydrogen-bond acceptors (Lipinski definition) is 6. The summed E-state index contributed by atoms with van der Waals surface area (Å²) in [5.74, 6) is -0.483. The number of nitrogens with zero attached hydrogens (tertiary/aromatic N) is 4. The van der Waals surface area contributed by atoms with Gasteiger partial charge < -0.3 is 4.90 Å². The molecule has 2 aromatic rings. The molecule has 23 heavy (non-hydrogen) atoms. The van der Waals surface area contributed by atoms with Gasteiger partial charge in [-0.2, -0.15) is 5.26 Å². The van der Waals surface area contributed by atoms with Crippen LogP contribution in [0.1, 0.15) is 17.5 Å². The van der Waals surface area contributed by atoms with Gasteiger partial charge in [0.15, 0.2) is 0 Å². The molecule has 0 saturated heterocycles. The highest BCUT2D eigenvalue weighted by atomic mass is 32.1. The van der Waals surface area contributed by atoms with Crippen molar-refractivity contribution in [1.82, 2.24) is 10.2 Å². The molecule has 7 heteroatoms. The van der Waals surface area contributed by atoms with Crippen LogP contribution >= 0.6 is 11.3 Å². The quantitative estimate of drug-likeness (QED) is 0.674. The van der Waals surface area contributed by atoms with E-state index < -0.39 is 5.91 Å². The van der Waals surface area contributed by atoms with Gasteiger partial charge in [0, 0.05) is 19.8 Å². The Morgan fingerprint density at radius 1 is 1.35 bits per heavy atom. The summed E-state index contributed by atoms with van der Waals surface area (Å²) in [6, 6.07) is 9.50. The van der Waals surface area contributed by atoms with Crippen LogP contribution in [0.4, 0.5) is 10.8 Å². The van der Waals surface area contributed by atoms with Gasteiger partial charge in [-0.1, -0.05) is 30.4 Å². The Morgan fingerprint density at radius 3 is 2.57 bits per heavy atom. The zero-order valence-electron chi connectivity index (χ0n) is 13.2. The lowest BCUT2D eigenvalue weighted by Crippen LogP contribution is -2.13. The Bertz CT molecular complexity index is 756. The maximum atomic E-state index is 12.1. The van der Waals surface area contributed by atoms with E-state index in [4.69, 9.17) is 0 Å². The summed E-state index contributed by atoms with van der Waals surface area (Å²) in [4.78, 5) is 14.1. The molecule has 0 aliphatic heterocycles. The van der Waals surface area contributed by atoms with Crippen molar-refractivity contribution in [3.8, 4) is 6.07 Å². The third-order valence-electron chi connectivity index (χ3n) is 3.08. The first-order valence-corrected chi connectivity index (χ1v) is 7.88. The number of nitrogens with one attached hydrogen (secondary N) is 1. The van der Waals surface area contributed by atoms with E-state index >= 15 is 0 Å². The van der Waals surface area contributed by atoms with Crippen molar-refractivity contribution < 1.29 is 4.79 Å². The number of carbonyl (C=O) groups excluding carboxylic acids is 1. The van der Waals surface area contributed by atoms with Crippen LogP contribution < -0.4 is 10.2 Å². The molecule has 0 spiro atoms. The fourth-order valence-electron chi connectivity index (χ4n) is 1.80. The third-order valence-corrected chi connectivity index (χ3v) is 4.06. The largest absolute Gasteiger partial charge is 0.378 e. The maximum absolute atomic E-state index is 12.1. The van der Waals surface area contributed by atoms with Crippen LogP contribution in [0.25, 0.3) is 6.08 Å². The van der Waals surface area contributed by atoms with Crippen LogP contribution in [0.15, 0.2) is 29.8 Å². The minimum Gasteiger partial charge on any atom is -0.378 e. The van der Waals surface area contributed by atoms with Gasteiger partial charge in [-0.25, -0.2) is 0 Å². The van der Waals surface area contributed by atoms with E-state index in [2.05, 4.69) is 15.5 Å². The molecule has 1 amide bonds. The molecule has 6 nitrogen and oxygen atoms in total. The van der Waals surface area contributed by atoms with Crippen molar-refractivity contribution in [1.29, 1.82) is 5.26 Å². The number of benzene rings is 1. The van der Waals surface area contributed by atoms with E-state index in [0.717, 1.165) is 22.7 Å². The van der Waals surface area contributed by atoms with E-state index in [1.807, 2.05) is 56.3 Å². The molecule has 1 aromatic carbocycles. The maximum Gasteiger partial charge on any atom is 0.268 e. The number of amides is 1. The highest BCUT2D eigenvalue weighted by molar-refractivity contribution is 7.15. The summed E-state index contributed by atoms with van der Waals surface area (Å²) < 4.78 is 0. The topological polar surface area (TPSA) is 81.9 Å². The van der Waals surface area contributed by atoms with Crippen molar-refractivity contribution in [2.45, 2.75) is 13.3 Å². The van der Waals surface area contributed by atoms with Crippen molar-refractivity contribution in [3.05, 3.63) is 40.4 Å². The second-order valence-corrected chi connectivity index (χ2v) is 6.03. The Kier molecular flexibility index (Phi) is 5.44. The van der Waals surface area contributed by atoms with Crippen molar-refractivity contribution >= 4 is 34.1 Å². The highest BCUT2D eigenvalue weighted by Gasteiger charge is 2.12. The molecule has 1 aromatic heterocycles. The molecule has 1 heterocycles. The Morgan fingerprint density at radius 2 is 2.04 bits per heavy atom. The normalized spacial score (nSPS) is 11.0. The third kappa shape index (κ3) is 4.37. The van der Waals surface area contributed by atoms with Gasteiger partial charge >= 0.3 is 0 Å². The summed E-state index contributed by atoms with van der Waals surface area (Å²) >= 11 is 1.30. The lowest BCUT2D eigenvalue weighted by atomic mass is 10.1. The van der Waals surface area contributed by atoms with Crippen LogP contribution in [0.5, 0.6) is 0 Å². The molecule has 0 aliphatic carbocycles. The van der Waals surface area contributed by atoms with Crippen LogP contribution in [-0.4, -0.2) is 30.2 Å². The van der Waals surface area contributed by atoms with Crippen LogP contribution in [0.2, 0.25) is 0 Å². The van der Waals surface area contributed by atoms with Gasteiger partial charge in [-0.05, 0) is 30.2 Å². The summed E-state index contributed by atoms with van der Waals surface area (Å²) in [5, 5.41) is 20.9. The van der Waals surface area contributed by atoms with Gasteiger partial charge in [0.1, 0.15) is 16.6 Å². The summed E-state index contributed by atoms with van der Waals surface area (Å²) in [6.07, 6.45) is 2.31. The number of rotatable bonds is 5. The second-order valence-electron chi connectivity index (χ2n) is 4.96. The van der Waals surface area contributed by atoms with Crippen molar-refractivity contribution in [2.24, 2.45) is 0 Å². The molecule has 1 N–H and O–H groups in total. The van der Waals surface area contributed by atoms with Gasteiger partial charge in [-0.15, -0.1) is 10.2 Å². The minimum atomic E-state index is -0.483. The van der Waals surface area contributed by atoms with E-state index in [-0.39, 0.29) is 5.57 Å². The fourth-order valence-corrected chi connectivity index (χ4v) is 2.47. The lowest BCUT2D eigenvalue weighted by Gasteiger charge is -2.11. The molecular formula is C16H17N5OS. The minimum absolute atomic E-state index is 0.0239. The van der Waals surface area contributed by atoms with E-state index in [1.54, 1.807) is 6.08 Å². The average molecular weight is 327 g/mol. The van der Waals surface area contributed by atoms with E-state index in [9.17, 15) is 10.1 Å².